The zero-order chi connectivity index (χ0) is 14.1. The van der Waals surface area contributed by atoms with Crippen molar-refractivity contribution in [3.63, 3.8) is 0 Å². The van der Waals surface area contributed by atoms with Crippen molar-refractivity contribution in [3.8, 4) is 0 Å². The molecule has 102 valence electrons. The molecule has 0 unspecified atom stereocenters. The highest BCUT2D eigenvalue weighted by atomic mass is 32.2. The molecule has 0 radical (unpaired) electrons. The summed E-state index contributed by atoms with van der Waals surface area (Å²) >= 11 is 1.67. The Morgan fingerprint density at radius 1 is 1.42 bits per heavy atom. The number of anilines is 1. The van der Waals surface area contributed by atoms with E-state index in [0.717, 1.165) is 11.5 Å². The molecule has 0 aliphatic rings. The lowest BCUT2D eigenvalue weighted by atomic mass is 10.2. The fourth-order valence-electron chi connectivity index (χ4n) is 1.31. The maximum absolute atomic E-state index is 11.5. The molecule has 1 aromatic carbocycles. The molecule has 0 atom stereocenters. The summed E-state index contributed by atoms with van der Waals surface area (Å²) in [5, 5.41) is 14.1. The minimum atomic E-state index is -1.02. The van der Waals surface area contributed by atoms with Crippen LogP contribution in [0.2, 0.25) is 0 Å². The molecule has 0 saturated heterocycles. The molecule has 0 spiro atoms. The van der Waals surface area contributed by atoms with E-state index in [2.05, 4.69) is 17.2 Å². The summed E-state index contributed by atoms with van der Waals surface area (Å²) in [4.78, 5) is 22.3. The van der Waals surface area contributed by atoms with Gasteiger partial charge in [-0.2, -0.15) is 11.8 Å². The molecule has 19 heavy (non-hydrogen) atoms. The van der Waals surface area contributed by atoms with Crippen LogP contribution in [0.25, 0.3) is 0 Å². The summed E-state index contributed by atoms with van der Waals surface area (Å²) in [7, 11) is 0. The Morgan fingerprint density at radius 2 is 2.21 bits per heavy atom. The Hall–Kier alpha value is -1.95. The summed E-state index contributed by atoms with van der Waals surface area (Å²) in [5.41, 5.74) is 0.593. The molecule has 0 aliphatic carbocycles. The predicted octanol–water partition coefficient (Wildman–Crippen LogP) is 2.43. The Bertz CT molecular complexity index is 463. The number of rotatable bonds is 7. The van der Waals surface area contributed by atoms with Crippen molar-refractivity contribution in [3.05, 3.63) is 42.5 Å². The Morgan fingerprint density at radius 3 is 2.89 bits per heavy atom. The molecule has 0 heterocycles. The number of aromatic carboxylic acids is 1. The molecule has 6 heteroatoms. The molecule has 2 amide bonds. The Kier molecular flexibility index (Phi) is 6.52. The Balaban J connectivity index is 2.37. The number of carboxylic acid groups (broad SMARTS) is 1. The maximum atomic E-state index is 11.5. The van der Waals surface area contributed by atoms with Crippen LogP contribution in [0.1, 0.15) is 10.4 Å². The van der Waals surface area contributed by atoms with Gasteiger partial charge in [-0.25, -0.2) is 9.59 Å². The molecule has 0 bridgehead atoms. The van der Waals surface area contributed by atoms with Gasteiger partial charge in [-0.05, 0) is 18.2 Å². The molecule has 5 nitrogen and oxygen atoms in total. The SMILES string of the molecule is C=CCSCCNC(=O)Nc1cccc(C(=O)O)c1. The summed E-state index contributed by atoms with van der Waals surface area (Å²) < 4.78 is 0. The first-order chi connectivity index (χ1) is 9.13. The van der Waals surface area contributed by atoms with Crippen LogP contribution < -0.4 is 10.6 Å². The number of thioether (sulfide) groups is 1. The number of hydrogen-bond donors (Lipinski definition) is 3. The van der Waals surface area contributed by atoms with E-state index < -0.39 is 5.97 Å². The summed E-state index contributed by atoms with van der Waals surface area (Å²) in [6.45, 7) is 4.15. The van der Waals surface area contributed by atoms with E-state index in [0.29, 0.717) is 12.2 Å². The number of urea groups is 1. The lowest BCUT2D eigenvalue weighted by Gasteiger charge is -2.07. The zero-order valence-corrected chi connectivity index (χ0v) is 11.2. The van der Waals surface area contributed by atoms with Gasteiger partial charge >= 0.3 is 12.0 Å². The first kappa shape index (κ1) is 15.1. The molecule has 0 saturated carbocycles. The summed E-state index contributed by atoms with van der Waals surface area (Å²) in [6, 6.07) is 5.75. The lowest BCUT2D eigenvalue weighted by Crippen LogP contribution is -2.30. The zero-order valence-electron chi connectivity index (χ0n) is 10.4. The van der Waals surface area contributed by atoms with Gasteiger partial charge < -0.3 is 15.7 Å². The van der Waals surface area contributed by atoms with E-state index >= 15 is 0 Å². The number of carboxylic acids is 1. The molecule has 1 rings (SSSR count). The van der Waals surface area contributed by atoms with E-state index in [9.17, 15) is 9.59 Å². The van der Waals surface area contributed by atoms with Gasteiger partial charge in [-0.15, -0.1) is 6.58 Å². The quantitative estimate of drug-likeness (QED) is 0.529. The van der Waals surface area contributed by atoms with Crippen LogP contribution in [0.15, 0.2) is 36.9 Å². The van der Waals surface area contributed by atoms with Gasteiger partial charge in [0, 0.05) is 23.7 Å². The lowest BCUT2D eigenvalue weighted by molar-refractivity contribution is 0.0697. The number of benzene rings is 1. The van der Waals surface area contributed by atoms with E-state index in [4.69, 9.17) is 5.11 Å². The van der Waals surface area contributed by atoms with Crippen molar-refractivity contribution in [1.29, 1.82) is 0 Å². The predicted molar refractivity (Wildman–Crippen MR) is 77.9 cm³/mol. The highest BCUT2D eigenvalue weighted by Gasteiger charge is 2.05. The van der Waals surface area contributed by atoms with Gasteiger partial charge in [0.15, 0.2) is 0 Å². The number of hydrogen-bond acceptors (Lipinski definition) is 3. The summed E-state index contributed by atoms with van der Waals surface area (Å²) in [5.74, 6) is 0.628. The minimum absolute atomic E-state index is 0.138. The molecule has 1 aromatic rings. The average Bonchev–Trinajstić information content (AvgIpc) is 2.38. The number of carbonyl (C=O) groups excluding carboxylic acids is 1. The van der Waals surface area contributed by atoms with Crippen molar-refractivity contribution in [2.45, 2.75) is 0 Å². The molecular weight excluding hydrogens is 264 g/mol. The minimum Gasteiger partial charge on any atom is -0.478 e. The highest BCUT2D eigenvalue weighted by molar-refractivity contribution is 7.99. The maximum Gasteiger partial charge on any atom is 0.335 e. The molecular formula is C13H16N2O3S. The van der Waals surface area contributed by atoms with Crippen LogP contribution in [0.3, 0.4) is 0 Å². The van der Waals surface area contributed by atoms with Gasteiger partial charge in [0.05, 0.1) is 5.56 Å². The third-order valence-electron chi connectivity index (χ3n) is 2.14. The van der Waals surface area contributed by atoms with Gasteiger partial charge in [-0.1, -0.05) is 12.1 Å². The largest absolute Gasteiger partial charge is 0.478 e. The molecule has 0 fully saturated rings. The third-order valence-corrected chi connectivity index (χ3v) is 3.10. The van der Waals surface area contributed by atoms with Crippen LogP contribution in [-0.4, -0.2) is 35.2 Å². The highest BCUT2D eigenvalue weighted by Crippen LogP contribution is 2.10. The summed E-state index contributed by atoms with van der Waals surface area (Å²) in [6.07, 6.45) is 1.81. The van der Waals surface area contributed by atoms with Crippen LogP contribution in [-0.2, 0) is 0 Å². The normalized spacial score (nSPS) is 9.68. The van der Waals surface area contributed by atoms with Gasteiger partial charge in [0.1, 0.15) is 0 Å². The van der Waals surface area contributed by atoms with Crippen molar-refractivity contribution in [2.75, 3.05) is 23.4 Å². The van der Waals surface area contributed by atoms with Crippen LogP contribution >= 0.6 is 11.8 Å². The second-order valence-electron chi connectivity index (χ2n) is 3.63. The standard InChI is InChI=1S/C13H16N2O3S/c1-2-7-19-8-6-14-13(18)15-11-5-3-4-10(9-11)12(16)17/h2-5,9H,1,6-8H2,(H,16,17)(H2,14,15,18). The fourth-order valence-corrected chi connectivity index (χ4v) is 1.89. The van der Waals surface area contributed by atoms with Gasteiger partial charge in [0.2, 0.25) is 0 Å². The van der Waals surface area contributed by atoms with Crippen molar-refractivity contribution < 1.29 is 14.7 Å². The first-order valence-corrected chi connectivity index (χ1v) is 6.86. The monoisotopic (exact) mass is 280 g/mol. The second kappa shape index (κ2) is 8.20. The van der Waals surface area contributed by atoms with E-state index in [1.54, 1.807) is 23.9 Å². The molecule has 3 N–H and O–H groups in total. The van der Waals surface area contributed by atoms with Gasteiger partial charge in [0.25, 0.3) is 0 Å². The smallest absolute Gasteiger partial charge is 0.335 e. The fraction of sp³-hybridized carbons (Fsp3) is 0.231. The van der Waals surface area contributed by atoms with E-state index in [1.165, 1.54) is 12.1 Å². The second-order valence-corrected chi connectivity index (χ2v) is 4.78. The van der Waals surface area contributed by atoms with Crippen molar-refractivity contribution >= 4 is 29.4 Å². The van der Waals surface area contributed by atoms with Crippen molar-refractivity contribution in [1.82, 2.24) is 5.32 Å². The number of carbonyl (C=O) groups is 2. The van der Waals surface area contributed by atoms with Crippen LogP contribution in [0, 0.1) is 0 Å². The van der Waals surface area contributed by atoms with E-state index in [-0.39, 0.29) is 11.6 Å². The van der Waals surface area contributed by atoms with Crippen LogP contribution in [0.4, 0.5) is 10.5 Å². The van der Waals surface area contributed by atoms with Crippen molar-refractivity contribution in [2.24, 2.45) is 0 Å². The third kappa shape index (κ3) is 5.96. The topological polar surface area (TPSA) is 78.4 Å². The van der Waals surface area contributed by atoms with Gasteiger partial charge in [-0.3, -0.25) is 0 Å². The van der Waals surface area contributed by atoms with Crippen LogP contribution in [0.5, 0.6) is 0 Å². The average molecular weight is 280 g/mol. The number of nitrogens with one attached hydrogen (secondary N) is 2. The van der Waals surface area contributed by atoms with E-state index in [1.807, 2.05) is 6.08 Å². The Labute approximate surface area is 116 Å². The molecule has 0 aliphatic heterocycles. The first-order valence-electron chi connectivity index (χ1n) is 5.70. The number of amides is 2. The molecule has 0 aromatic heterocycles.